The van der Waals surface area contributed by atoms with E-state index in [1.807, 2.05) is 0 Å². The van der Waals surface area contributed by atoms with Gasteiger partial charge in [0.1, 0.15) is 33.6 Å². The quantitative estimate of drug-likeness (QED) is 0.165. The lowest BCUT2D eigenvalue weighted by Crippen LogP contribution is -2.61. The molecule has 2 aliphatic heterocycles. The summed E-state index contributed by atoms with van der Waals surface area (Å²) in [4.78, 5) is 5.15. The highest BCUT2D eigenvalue weighted by atomic mass is 16.3. The first kappa shape index (κ1) is 43.4. The van der Waals surface area contributed by atoms with Crippen molar-refractivity contribution >= 4 is 101 Å². The van der Waals surface area contributed by atoms with Gasteiger partial charge in [0.2, 0.25) is 0 Å². The van der Waals surface area contributed by atoms with Crippen LogP contribution in [0.4, 0.5) is 28.4 Å². The van der Waals surface area contributed by atoms with Gasteiger partial charge in [-0.1, -0.05) is 154 Å². The minimum absolute atomic E-state index is 0.0183. The highest BCUT2D eigenvalue weighted by Crippen LogP contribution is 2.57. The molecule has 8 aromatic carbocycles. The molecule has 1 aliphatic carbocycles. The van der Waals surface area contributed by atoms with E-state index in [1.54, 1.807) is 0 Å². The topological polar surface area (TPSA) is 45.9 Å². The van der Waals surface area contributed by atoms with Gasteiger partial charge < -0.3 is 23.0 Å². The molecule has 354 valence electrons. The summed E-state index contributed by atoms with van der Waals surface area (Å²) in [5.74, 6) is 0. The molecular formula is C66H59BN2O3. The third-order valence-electron chi connectivity index (χ3n) is 16.8. The van der Waals surface area contributed by atoms with Crippen molar-refractivity contribution in [3.63, 3.8) is 0 Å². The summed E-state index contributed by atoms with van der Waals surface area (Å²) in [6.45, 7) is 23.1. The van der Waals surface area contributed by atoms with Gasteiger partial charge in [0, 0.05) is 55.8 Å². The van der Waals surface area contributed by atoms with Crippen LogP contribution in [0.5, 0.6) is 0 Å². The van der Waals surface area contributed by atoms with Crippen LogP contribution in [0, 0.1) is 0 Å². The Balaban J connectivity index is 1.20. The predicted molar refractivity (Wildman–Crippen MR) is 303 cm³/mol. The maximum atomic E-state index is 7.82. The number of anilines is 5. The number of fused-ring (bicyclic) bond motifs is 15. The van der Waals surface area contributed by atoms with Crippen molar-refractivity contribution in [2.24, 2.45) is 0 Å². The fourth-order valence-electron chi connectivity index (χ4n) is 12.8. The standard InChI is InChI=1S/C66H59BN2O3/c1-63(2,3)39-24-27-41(28-25-39)69-60-44(29-31-53-57(60)43-21-15-17-23-52(43)70-53)58-56-42-20-14-16-22-51(42)71-55(56)37-50-59(58)67(69)62-61(46-35-47-48(36-54(46)72-62)66(9,10)33-32-65(47,7)8)68(50)49-30-26-40(64(4,5)6)34-45(49)38-18-12-11-13-19-38/h11-31,34-37H,32-33H2,1-10H3. The average molecular weight is 939 g/mol. The molecule has 6 heteroatoms. The van der Waals surface area contributed by atoms with Crippen LogP contribution < -0.4 is 20.8 Å². The Labute approximate surface area is 422 Å². The number of hydrogen-bond acceptors (Lipinski definition) is 5. The van der Waals surface area contributed by atoms with Crippen molar-refractivity contribution in [2.75, 3.05) is 9.71 Å². The van der Waals surface area contributed by atoms with Crippen LogP contribution in [0.2, 0.25) is 0 Å². The first-order chi connectivity index (χ1) is 34.5. The maximum absolute atomic E-state index is 7.82. The molecule has 0 saturated heterocycles. The van der Waals surface area contributed by atoms with Gasteiger partial charge in [-0.25, -0.2) is 0 Å². The zero-order chi connectivity index (χ0) is 49.4. The maximum Gasteiger partial charge on any atom is 0.375 e. The van der Waals surface area contributed by atoms with Crippen LogP contribution in [0.25, 0.3) is 77.1 Å². The Morgan fingerprint density at radius 1 is 0.472 bits per heavy atom. The van der Waals surface area contributed by atoms with E-state index in [0.29, 0.717) is 0 Å². The van der Waals surface area contributed by atoms with Crippen molar-refractivity contribution in [1.29, 1.82) is 0 Å². The van der Waals surface area contributed by atoms with Crippen molar-refractivity contribution in [3.8, 4) is 22.3 Å². The molecule has 0 radical (unpaired) electrons. The highest BCUT2D eigenvalue weighted by Gasteiger charge is 2.51. The van der Waals surface area contributed by atoms with Crippen LogP contribution in [0.15, 0.2) is 165 Å². The Morgan fingerprint density at radius 3 is 1.76 bits per heavy atom. The third kappa shape index (κ3) is 6.08. The Hall–Kier alpha value is -7.44. The molecule has 0 unspecified atom stereocenters. The lowest BCUT2D eigenvalue weighted by Gasteiger charge is -2.44. The largest absolute Gasteiger partial charge is 0.466 e. The van der Waals surface area contributed by atoms with E-state index in [1.165, 1.54) is 27.7 Å². The van der Waals surface area contributed by atoms with E-state index >= 15 is 0 Å². The number of rotatable bonds is 3. The molecule has 0 atom stereocenters. The van der Waals surface area contributed by atoms with E-state index in [-0.39, 0.29) is 21.7 Å². The average Bonchev–Trinajstić information content (AvgIpc) is 4.06. The molecule has 72 heavy (non-hydrogen) atoms. The summed E-state index contributed by atoms with van der Waals surface area (Å²) >= 11 is 0. The first-order valence-corrected chi connectivity index (χ1v) is 25.9. The molecule has 5 heterocycles. The Morgan fingerprint density at radius 2 is 1.08 bits per heavy atom. The fraction of sp³-hybridized carbons (Fsp3) is 0.242. The number of para-hydroxylation sites is 2. The summed E-state index contributed by atoms with van der Waals surface area (Å²) in [7, 11) is 0. The summed E-state index contributed by atoms with van der Waals surface area (Å²) in [5, 5.41) is 5.48. The third-order valence-corrected chi connectivity index (χ3v) is 16.8. The highest BCUT2D eigenvalue weighted by molar-refractivity contribution is 6.93. The summed E-state index contributed by atoms with van der Waals surface area (Å²) < 4.78 is 21.7. The molecule has 0 fully saturated rings. The second-order valence-electron chi connectivity index (χ2n) is 24.3. The zero-order valence-electron chi connectivity index (χ0n) is 43.0. The Kier molecular flexibility index (Phi) is 8.79. The van der Waals surface area contributed by atoms with Crippen LogP contribution in [-0.2, 0) is 21.7 Å². The monoisotopic (exact) mass is 938 g/mol. The van der Waals surface area contributed by atoms with Crippen LogP contribution >= 0.6 is 0 Å². The van der Waals surface area contributed by atoms with E-state index in [2.05, 4.69) is 231 Å². The normalized spacial score (nSPS) is 15.9. The number of benzene rings is 8. The van der Waals surface area contributed by atoms with E-state index in [9.17, 15) is 0 Å². The van der Waals surface area contributed by atoms with Crippen molar-refractivity contribution in [1.82, 2.24) is 0 Å². The minimum atomic E-state index is -0.397. The molecule has 11 aromatic rings. The van der Waals surface area contributed by atoms with Gasteiger partial charge in [-0.2, -0.15) is 0 Å². The molecule has 3 aromatic heterocycles. The molecule has 3 aliphatic rings. The van der Waals surface area contributed by atoms with Crippen molar-refractivity contribution in [2.45, 2.75) is 104 Å². The molecule has 0 spiro atoms. The molecule has 0 saturated carbocycles. The molecule has 0 N–H and O–H groups in total. The van der Waals surface area contributed by atoms with Gasteiger partial charge in [0.05, 0.1) is 16.8 Å². The second kappa shape index (κ2) is 14.6. The summed E-state index contributed by atoms with van der Waals surface area (Å²) in [5.41, 5.74) is 21.6. The predicted octanol–water partition coefficient (Wildman–Crippen LogP) is 17.6. The molecule has 0 amide bonds. The molecule has 5 nitrogen and oxygen atoms in total. The van der Waals surface area contributed by atoms with Gasteiger partial charge in [-0.3, -0.25) is 0 Å². The molecular weight excluding hydrogens is 880 g/mol. The second-order valence-corrected chi connectivity index (χ2v) is 24.3. The summed E-state index contributed by atoms with van der Waals surface area (Å²) in [6, 6.07) is 56.2. The fourth-order valence-corrected chi connectivity index (χ4v) is 12.8. The van der Waals surface area contributed by atoms with Gasteiger partial charge in [0.25, 0.3) is 0 Å². The van der Waals surface area contributed by atoms with E-state index < -0.39 is 6.85 Å². The van der Waals surface area contributed by atoms with Gasteiger partial charge in [-0.15, -0.1) is 0 Å². The van der Waals surface area contributed by atoms with Gasteiger partial charge >= 0.3 is 6.85 Å². The number of furan rings is 3. The first-order valence-electron chi connectivity index (χ1n) is 25.9. The molecule has 0 bridgehead atoms. The lowest BCUT2D eigenvalue weighted by atomic mass is 9.45. The van der Waals surface area contributed by atoms with Crippen LogP contribution in [-0.4, -0.2) is 6.85 Å². The van der Waals surface area contributed by atoms with Gasteiger partial charge in [0.15, 0.2) is 0 Å². The Bertz CT molecular complexity index is 4080. The number of hydrogen-bond donors (Lipinski definition) is 0. The summed E-state index contributed by atoms with van der Waals surface area (Å²) in [6.07, 6.45) is 2.22. The molecule has 14 rings (SSSR count). The van der Waals surface area contributed by atoms with Crippen molar-refractivity contribution in [3.05, 3.63) is 174 Å². The lowest BCUT2D eigenvalue weighted by molar-refractivity contribution is 0.332. The van der Waals surface area contributed by atoms with Crippen LogP contribution in [0.1, 0.15) is 104 Å². The van der Waals surface area contributed by atoms with E-state index in [4.69, 9.17) is 13.3 Å². The zero-order valence-corrected chi connectivity index (χ0v) is 43.0. The van der Waals surface area contributed by atoms with E-state index in [0.717, 1.165) is 124 Å². The smallest absolute Gasteiger partial charge is 0.375 e. The minimum Gasteiger partial charge on any atom is -0.466 e. The number of nitrogens with zero attached hydrogens (tertiary/aromatic N) is 2. The van der Waals surface area contributed by atoms with Crippen molar-refractivity contribution < 1.29 is 13.3 Å². The van der Waals surface area contributed by atoms with Gasteiger partial charge in [-0.05, 0) is 134 Å². The SMILES string of the molecule is CC(C)(C)c1ccc(N2B3c4oc5cc6c(cc5c4N(c4ccc(C(C)(C)C)cc4-c4ccccc4)c4cc5oc7ccccc7c5c(c43)-c3ccc4oc5ccccc5c4c32)C(C)(C)CCC6(C)C)cc1. The van der Waals surface area contributed by atoms with Crippen LogP contribution in [0.3, 0.4) is 0 Å².